The molecule has 0 bridgehead atoms. The summed E-state index contributed by atoms with van der Waals surface area (Å²) in [7, 11) is -0.890. The number of carbonyl (C=O) groups excluding carboxylic acids is 1. The molecular formula is C24H24N6O3S2. The van der Waals surface area contributed by atoms with Crippen LogP contribution in [-0.4, -0.2) is 53.3 Å². The maximum Gasteiger partial charge on any atom is 0.321 e. The molecule has 3 aromatic heterocycles. The van der Waals surface area contributed by atoms with Crippen LogP contribution in [0.3, 0.4) is 0 Å². The first kappa shape index (κ1) is 23.5. The first-order valence-corrected chi connectivity index (χ1v) is 13.6. The highest BCUT2D eigenvalue weighted by atomic mass is 32.2. The molecule has 11 heteroatoms. The van der Waals surface area contributed by atoms with Crippen LogP contribution in [0.2, 0.25) is 0 Å². The van der Waals surface area contributed by atoms with E-state index in [2.05, 4.69) is 30.6 Å². The van der Waals surface area contributed by atoms with Gasteiger partial charge in [0.15, 0.2) is 11.0 Å². The molecule has 0 unspecified atom stereocenters. The number of fused-ring (bicyclic) bond motifs is 1. The van der Waals surface area contributed by atoms with Crippen molar-refractivity contribution in [3.05, 3.63) is 54.7 Å². The number of nitrogens with zero attached hydrogens (tertiary/aromatic N) is 4. The molecule has 0 saturated carbocycles. The van der Waals surface area contributed by atoms with Crippen molar-refractivity contribution in [3.8, 4) is 22.4 Å². The number of pyridine rings is 1. The minimum Gasteiger partial charge on any atom is -0.382 e. The third-order valence-corrected chi connectivity index (χ3v) is 8.22. The van der Waals surface area contributed by atoms with E-state index in [1.165, 1.54) is 11.3 Å². The lowest BCUT2D eigenvalue weighted by atomic mass is 9.95. The van der Waals surface area contributed by atoms with Crippen molar-refractivity contribution in [1.82, 2.24) is 25.3 Å². The van der Waals surface area contributed by atoms with Gasteiger partial charge in [-0.3, -0.25) is 14.5 Å². The lowest BCUT2D eigenvalue weighted by Crippen LogP contribution is -2.36. The van der Waals surface area contributed by atoms with E-state index in [-0.39, 0.29) is 6.03 Å². The third-order valence-electron chi connectivity index (χ3n) is 5.88. The third kappa shape index (κ3) is 4.93. The SMILES string of the molecule is CCNC(=O)Nc1nc2cc(-c3cnc(C4(O)CCS(=O)CC4)nc3)cc(-c3ccccn3)c2s1. The van der Waals surface area contributed by atoms with Gasteiger partial charge in [0, 0.05) is 58.6 Å². The number of aliphatic hydroxyl groups is 1. The highest BCUT2D eigenvalue weighted by molar-refractivity contribution is 7.85. The molecule has 1 fully saturated rings. The topological polar surface area (TPSA) is 130 Å². The molecule has 180 valence electrons. The van der Waals surface area contributed by atoms with Crippen molar-refractivity contribution in [2.45, 2.75) is 25.4 Å². The molecule has 2 amide bonds. The predicted molar refractivity (Wildman–Crippen MR) is 138 cm³/mol. The largest absolute Gasteiger partial charge is 0.382 e. The van der Waals surface area contributed by atoms with Gasteiger partial charge in [-0.15, -0.1) is 0 Å². The highest BCUT2D eigenvalue weighted by Crippen LogP contribution is 2.38. The first-order valence-electron chi connectivity index (χ1n) is 11.3. The van der Waals surface area contributed by atoms with Crippen LogP contribution < -0.4 is 10.6 Å². The van der Waals surface area contributed by atoms with Gasteiger partial charge in [0.05, 0.1) is 15.9 Å². The number of hydrogen-bond donors (Lipinski definition) is 3. The van der Waals surface area contributed by atoms with Crippen molar-refractivity contribution in [2.75, 3.05) is 23.4 Å². The number of anilines is 1. The molecule has 0 atom stereocenters. The van der Waals surface area contributed by atoms with E-state index < -0.39 is 16.4 Å². The summed E-state index contributed by atoms with van der Waals surface area (Å²) in [4.78, 5) is 30.1. The summed E-state index contributed by atoms with van der Waals surface area (Å²) in [5.74, 6) is 1.25. The van der Waals surface area contributed by atoms with Gasteiger partial charge in [0.25, 0.3) is 0 Å². The molecule has 0 radical (unpaired) electrons. The summed E-state index contributed by atoms with van der Waals surface area (Å²) in [6.07, 6.45) is 5.88. The van der Waals surface area contributed by atoms with Crippen molar-refractivity contribution in [1.29, 1.82) is 0 Å². The van der Waals surface area contributed by atoms with Crippen LogP contribution in [0.4, 0.5) is 9.93 Å². The van der Waals surface area contributed by atoms with E-state index in [1.807, 2.05) is 37.3 Å². The lowest BCUT2D eigenvalue weighted by Gasteiger charge is -2.29. The molecule has 35 heavy (non-hydrogen) atoms. The van der Waals surface area contributed by atoms with Gasteiger partial charge in [0.2, 0.25) is 0 Å². The zero-order valence-corrected chi connectivity index (χ0v) is 20.7. The predicted octanol–water partition coefficient (Wildman–Crippen LogP) is 3.69. The molecule has 0 aliphatic carbocycles. The Morgan fingerprint density at radius 1 is 1.14 bits per heavy atom. The van der Waals surface area contributed by atoms with E-state index >= 15 is 0 Å². The Morgan fingerprint density at radius 3 is 2.60 bits per heavy atom. The normalized spacial score (nSPS) is 20.0. The number of benzene rings is 1. The monoisotopic (exact) mass is 508 g/mol. The number of aromatic nitrogens is 4. The summed E-state index contributed by atoms with van der Waals surface area (Å²) in [6, 6.07) is 9.34. The number of amides is 2. The Bertz CT molecular complexity index is 1380. The maximum atomic E-state index is 12.0. The van der Waals surface area contributed by atoms with Crippen molar-refractivity contribution < 1.29 is 14.1 Å². The molecule has 0 spiro atoms. The Balaban J connectivity index is 1.53. The summed E-state index contributed by atoms with van der Waals surface area (Å²) in [5.41, 5.74) is 2.85. The summed E-state index contributed by atoms with van der Waals surface area (Å²) in [5, 5.41) is 16.9. The first-order chi connectivity index (χ1) is 16.9. The van der Waals surface area contributed by atoms with Gasteiger partial charge < -0.3 is 10.4 Å². The highest BCUT2D eigenvalue weighted by Gasteiger charge is 2.36. The van der Waals surface area contributed by atoms with E-state index in [9.17, 15) is 14.1 Å². The summed E-state index contributed by atoms with van der Waals surface area (Å²) in [6.45, 7) is 2.37. The van der Waals surface area contributed by atoms with Gasteiger partial charge in [-0.1, -0.05) is 17.4 Å². The Hall–Kier alpha value is -3.28. The van der Waals surface area contributed by atoms with Crippen molar-refractivity contribution in [2.24, 2.45) is 0 Å². The average Bonchev–Trinajstić information content (AvgIpc) is 3.28. The fourth-order valence-corrected chi connectivity index (χ4v) is 6.30. The Labute approximate surface area is 208 Å². The fourth-order valence-electron chi connectivity index (χ4n) is 4.00. The van der Waals surface area contributed by atoms with Crippen LogP contribution in [0.1, 0.15) is 25.6 Å². The second-order valence-electron chi connectivity index (χ2n) is 8.27. The number of thiazole rings is 1. The Morgan fingerprint density at radius 2 is 1.91 bits per heavy atom. The summed E-state index contributed by atoms with van der Waals surface area (Å²) >= 11 is 1.39. The fraction of sp³-hybridized carbons (Fsp3) is 0.292. The minimum atomic E-state index is -1.15. The van der Waals surface area contributed by atoms with Gasteiger partial charge in [-0.25, -0.2) is 19.7 Å². The Kier molecular flexibility index (Phi) is 6.54. The van der Waals surface area contributed by atoms with Crippen LogP contribution in [0.5, 0.6) is 0 Å². The van der Waals surface area contributed by atoms with Crippen LogP contribution in [0.15, 0.2) is 48.9 Å². The number of hydrogen-bond acceptors (Lipinski definition) is 8. The quantitative estimate of drug-likeness (QED) is 0.375. The lowest BCUT2D eigenvalue weighted by molar-refractivity contribution is 0.0181. The zero-order chi connectivity index (χ0) is 24.4. The smallest absolute Gasteiger partial charge is 0.321 e. The van der Waals surface area contributed by atoms with Gasteiger partial charge in [0.1, 0.15) is 5.60 Å². The standard InChI is InChI=1S/C24H24N6O3S2/c1-2-25-22(31)30-23-29-19-12-15(11-17(20(19)34-23)18-5-3-4-8-26-18)16-13-27-21(28-14-16)24(32)6-9-35(33)10-7-24/h3-5,8,11-14,32H,2,6-7,9-10H2,1H3,(H2,25,29,30,31). The molecule has 1 saturated heterocycles. The number of nitrogens with one attached hydrogen (secondary N) is 2. The van der Waals surface area contributed by atoms with Gasteiger partial charge in [-0.05, 0) is 49.6 Å². The molecule has 4 heterocycles. The molecular weight excluding hydrogens is 484 g/mol. The van der Waals surface area contributed by atoms with Gasteiger partial charge >= 0.3 is 6.03 Å². The van der Waals surface area contributed by atoms with Crippen LogP contribution in [0.25, 0.3) is 32.6 Å². The molecule has 5 rings (SSSR count). The van der Waals surface area contributed by atoms with Crippen LogP contribution >= 0.6 is 11.3 Å². The second kappa shape index (κ2) is 9.76. The van der Waals surface area contributed by atoms with Crippen molar-refractivity contribution >= 4 is 43.5 Å². The molecule has 4 aromatic rings. The zero-order valence-electron chi connectivity index (χ0n) is 19.0. The molecule has 9 nitrogen and oxygen atoms in total. The van der Waals surface area contributed by atoms with Crippen LogP contribution in [-0.2, 0) is 16.4 Å². The molecule has 1 aliphatic rings. The van der Waals surface area contributed by atoms with Gasteiger partial charge in [-0.2, -0.15) is 0 Å². The maximum absolute atomic E-state index is 12.0. The minimum absolute atomic E-state index is 0.306. The summed E-state index contributed by atoms with van der Waals surface area (Å²) < 4.78 is 12.6. The van der Waals surface area contributed by atoms with E-state index in [0.717, 1.165) is 32.6 Å². The number of carbonyl (C=O) groups is 1. The second-order valence-corrected chi connectivity index (χ2v) is 11.0. The molecule has 1 aromatic carbocycles. The molecule has 1 aliphatic heterocycles. The van der Waals surface area contributed by atoms with E-state index in [1.54, 1.807) is 18.6 Å². The average molecular weight is 509 g/mol. The molecule has 3 N–H and O–H groups in total. The van der Waals surface area contributed by atoms with E-state index in [0.29, 0.717) is 41.8 Å². The van der Waals surface area contributed by atoms with E-state index in [4.69, 9.17) is 0 Å². The number of urea groups is 1. The van der Waals surface area contributed by atoms with Crippen LogP contribution in [0, 0.1) is 0 Å². The van der Waals surface area contributed by atoms with Crippen molar-refractivity contribution in [3.63, 3.8) is 0 Å². The number of rotatable bonds is 5.